The molecule has 1 aromatic heterocycles. The molecule has 148 valence electrons. The van der Waals surface area contributed by atoms with Crippen molar-refractivity contribution in [2.24, 2.45) is 0 Å². The number of ether oxygens (including phenoxy) is 2. The van der Waals surface area contributed by atoms with Crippen molar-refractivity contribution in [1.82, 2.24) is 9.88 Å². The van der Waals surface area contributed by atoms with Gasteiger partial charge in [0.05, 0.1) is 24.9 Å². The Morgan fingerprint density at radius 3 is 2.65 bits per heavy atom. The van der Waals surface area contributed by atoms with Crippen LogP contribution in [0.3, 0.4) is 0 Å². The summed E-state index contributed by atoms with van der Waals surface area (Å²) in [5, 5.41) is 10.4. The fraction of sp³-hybridized carbons (Fsp3) is 0.750. The number of carboxylic acids is 1. The van der Waals surface area contributed by atoms with Crippen molar-refractivity contribution < 1.29 is 32.5 Å². The third-order valence-electron chi connectivity index (χ3n) is 4.43. The Morgan fingerprint density at radius 2 is 2.15 bits per heavy atom. The number of thiazole rings is 1. The van der Waals surface area contributed by atoms with Crippen LogP contribution in [0.15, 0.2) is 11.6 Å². The zero-order valence-corrected chi connectivity index (χ0v) is 15.3. The lowest BCUT2D eigenvalue weighted by atomic mass is 9.88. The highest BCUT2D eigenvalue weighted by atomic mass is 32.1. The fourth-order valence-electron chi connectivity index (χ4n) is 3.13. The van der Waals surface area contributed by atoms with Crippen LogP contribution in [0.25, 0.3) is 0 Å². The number of hydrogen-bond donors (Lipinski definition) is 1. The molecular formula is C16H23F3N2O4S. The summed E-state index contributed by atoms with van der Waals surface area (Å²) < 4.78 is 43.5. The van der Waals surface area contributed by atoms with Gasteiger partial charge in [0.15, 0.2) is 0 Å². The van der Waals surface area contributed by atoms with Crippen molar-refractivity contribution in [3.63, 3.8) is 0 Å². The van der Waals surface area contributed by atoms with Crippen LogP contribution in [-0.4, -0.2) is 65.1 Å². The molecular weight excluding hydrogens is 373 g/mol. The molecule has 26 heavy (non-hydrogen) atoms. The van der Waals surface area contributed by atoms with E-state index in [4.69, 9.17) is 19.4 Å². The number of carboxylic acid groups (broad SMARTS) is 1. The van der Waals surface area contributed by atoms with E-state index in [1.807, 2.05) is 11.6 Å². The normalized spacial score (nSPS) is 22.8. The number of piperidine rings is 1. The van der Waals surface area contributed by atoms with Crippen LogP contribution in [0.1, 0.15) is 31.2 Å². The lowest BCUT2D eigenvalue weighted by Gasteiger charge is -2.38. The van der Waals surface area contributed by atoms with Gasteiger partial charge in [-0.2, -0.15) is 13.2 Å². The third kappa shape index (κ3) is 6.19. The van der Waals surface area contributed by atoms with Crippen LogP contribution in [0.4, 0.5) is 13.2 Å². The number of rotatable bonds is 4. The lowest BCUT2D eigenvalue weighted by Crippen LogP contribution is -2.43. The average molecular weight is 396 g/mol. The van der Waals surface area contributed by atoms with Gasteiger partial charge in [-0.3, -0.25) is 4.90 Å². The standard InChI is InChI=1S/C14H22N2O2S.C2HF3O2/c1-2-17-12-9-14(18-11-12)3-6-16(7-4-14)10-13-15-5-8-19-13;3-2(4,5)1(6)7/h5,8,12H,2-4,6-7,9-11H2,1H3;(H,6,7). The number of carbonyl (C=O) groups is 1. The molecule has 1 atom stereocenters. The zero-order chi connectivity index (χ0) is 19.2. The summed E-state index contributed by atoms with van der Waals surface area (Å²) in [6.07, 6.45) is 0.448. The second-order valence-corrected chi connectivity index (χ2v) is 7.26. The predicted molar refractivity (Wildman–Crippen MR) is 89.0 cm³/mol. The van der Waals surface area contributed by atoms with Crippen molar-refractivity contribution in [2.45, 2.75) is 50.6 Å². The summed E-state index contributed by atoms with van der Waals surface area (Å²) in [5.41, 5.74) is 0.0964. The molecule has 1 N–H and O–H groups in total. The Balaban J connectivity index is 0.000000298. The van der Waals surface area contributed by atoms with Gasteiger partial charge in [0.2, 0.25) is 0 Å². The van der Waals surface area contributed by atoms with E-state index < -0.39 is 12.1 Å². The van der Waals surface area contributed by atoms with Gasteiger partial charge in [0.25, 0.3) is 0 Å². The minimum atomic E-state index is -5.08. The van der Waals surface area contributed by atoms with Gasteiger partial charge in [-0.1, -0.05) is 0 Å². The predicted octanol–water partition coefficient (Wildman–Crippen LogP) is 2.94. The Labute approximate surface area is 153 Å². The molecule has 0 saturated carbocycles. The van der Waals surface area contributed by atoms with Crippen molar-refractivity contribution in [3.8, 4) is 0 Å². The molecule has 0 aromatic carbocycles. The molecule has 2 aliphatic heterocycles. The quantitative estimate of drug-likeness (QED) is 0.844. The van der Waals surface area contributed by atoms with Crippen LogP contribution >= 0.6 is 11.3 Å². The molecule has 3 heterocycles. The van der Waals surface area contributed by atoms with Gasteiger partial charge in [-0.25, -0.2) is 9.78 Å². The van der Waals surface area contributed by atoms with E-state index in [9.17, 15) is 13.2 Å². The Kier molecular flexibility index (Phi) is 7.39. The van der Waals surface area contributed by atoms with E-state index in [0.29, 0.717) is 6.10 Å². The largest absolute Gasteiger partial charge is 0.490 e. The molecule has 1 spiro atoms. The minimum Gasteiger partial charge on any atom is -0.475 e. The molecule has 10 heteroatoms. The Hall–Kier alpha value is -1.23. The maximum atomic E-state index is 10.6. The topological polar surface area (TPSA) is 71.9 Å². The molecule has 6 nitrogen and oxygen atoms in total. The first-order valence-electron chi connectivity index (χ1n) is 8.40. The molecule has 0 bridgehead atoms. The zero-order valence-electron chi connectivity index (χ0n) is 14.5. The summed E-state index contributed by atoms with van der Waals surface area (Å²) in [6.45, 7) is 6.84. The van der Waals surface area contributed by atoms with Gasteiger partial charge in [0.1, 0.15) is 5.01 Å². The number of halogens is 3. The maximum absolute atomic E-state index is 10.6. The molecule has 2 fully saturated rings. The fourth-order valence-corrected chi connectivity index (χ4v) is 3.79. The highest BCUT2D eigenvalue weighted by Crippen LogP contribution is 2.37. The first-order valence-corrected chi connectivity index (χ1v) is 9.28. The van der Waals surface area contributed by atoms with Gasteiger partial charge in [-0.15, -0.1) is 11.3 Å². The summed E-state index contributed by atoms with van der Waals surface area (Å²) in [4.78, 5) is 15.7. The van der Waals surface area contributed by atoms with Gasteiger partial charge >= 0.3 is 12.1 Å². The smallest absolute Gasteiger partial charge is 0.475 e. The molecule has 1 unspecified atom stereocenters. The van der Waals surface area contributed by atoms with Crippen LogP contribution in [-0.2, 0) is 20.8 Å². The summed E-state index contributed by atoms with van der Waals surface area (Å²) in [6, 6.07) is 0. The van der Waals surface area contributed by atoms with Crippen LogP contribution in [0, 0.1) is 0 Å². The first kappa shape index (κ1) is 21.1. The molecule has 0 radical (unpaired) electrons. The summed E-state index contributed by atoms with van der Waals surface area (Å²) >= 11 is 1.74. The van der Waals surface area contributed by atoms with Crippen LogP contribution in [0.2, 0.25) is 0 Å². The highest BCUT2D eigenvalue weighted by Gasteiger charge is 2.43. The van der Waals surface area contributed by atoms with Gasteiger partial charge < -0.3 is 14.6 Å². The number of alkyl halides is 3. The Morgan fingerprint density at radius 1 is 1.50 bits per heavy atom. The summed E-state index contributed by atoms with van der Waals surface area (Å²) in [5.74, 6) is -2.76. The molecule has 0 amide bonds. The lowest BCUT2D eigenvalue weighted by molar-refractivity contribution is -0.192. The molecule has 0 aliphatic carbocycles. The van der Waals surface area contributed by atoms with Crippen LogP contribution in [0.5, 0.6) is 0 Å². The van der Waals surface area contributed by atoms with Gasteiger partial charge in [-0.05, 0) is 19.8 Å². The number of nitrogens with zero attached hydrogens (tertiary/aromatic N) is 2. The van der Waals surface area contributed by atoms with Gasteiger partial charge in [0, 0.05) is 37.7 Å². The minimum absolute atomic E-state index is 0.0964. The van der Waals surface area contributed by atoms with Crippen molar-refractivity contribution in [1.29, 1.82) is 0 Å². The maximum Gasteiger partial charge on any atom is 0.490 e. The van der Waals surface area contributed by atoms with E-state index in [0.717, 1.165) is 52.1 Å². The van der Waals surface area contributed by atoms with Crippen molar-refractivity contribution in [3.05, 3.63) is 16.6 Å². The van der Waals surface area contributed by atoms with Crippen LogP contribution < -0.4 is 0 Å². The van der Waals surface area contributed by atoms with Crippen molar-refractivity contribution in [2.75, 3.05) is 26.3 Å². The monoisotopic (exact) mass is 396 g/mol. The Bertz CT molecular complexity index is 560. The molecule has 2 aliphatic rings. The summed E-state index contributed by atoms with van der Waals surface area (Å²) in [7, 11) is 0. The molecule has 3 rings (SSSR count). The van der Waals surface area contributed by atoms with E-state index in [1.54, 1.807) is 11.3 Å². The number of likely N-dealkylation sites (tertiary alicyclic amines) is 1. The van der Waals surface area contributed by atoms with Crippen molar-refractivity contribution >= 4 is 17.3 Å². The number of aromatic nitrogens is 1. The van der Waals surface area contributed by atoms with E-state index in [-0.39, 0.29) is 5.60 Å². The third-order valence-corrected chi connectivity index (χ3v) is 5.19. The first-order chi connectivity index (χ1) is 12.2. The number of aliphatic carboxylic acids is 1. The average Bonchev–Trinajstić information content (AvgIpc) is 3.21. The molecule has 1 aromatic rings. The van der Waals surface area contributed by atoms with E-state index in [1.165, 1.54) is 5.01 Å². The highest BCUT2D eigenvalue weighted by molar-refractivity contribution is 7.09. The second-order valence-electron chi connectivity index (χ2n) is 6.28. The second kappa shape index (κ2) is 9.12. The number of hydrogen-bond acceptors (Lipinski definition) is 6. The molecule has 2 saturated heterocycles. The SMILES string of the molecule is CCOC1COC2(CCN(Cc3nccs3)CC2)C1.O=C(O)C(F)(F)F. The van der Waals surface area contributed by atoms with E-state index >= 15 is 0 Å². The van der Waals surface area contributed by atoms with E-state index in [2.05, 4.69) is 16.8 Å².